The number of carbonyl (C=O) groups excluding carboxylic acids is 2. The van der Waals surface area contributed by atoms with Crippen molar-refractivity contribution >= 4 is 22.3 Å². The molecule has 4 aromatic carbocycles. The van der Waals surface area contributed by atoms with Crippen molar-refractivity contribution in [1.82, 2.24) is 0 Å². The predicted octanol–water partition coefficient (Wildman–Crippen LogP) is 5.36. The summed E-state index contributed by atoms with van der Waals surface area (Å²) in [5, 5.41) is 1.64. The second kappa shape index (κ2) is 9.05. The van der Waals surface area contributed by atoms with Gasteiger partial charge in [0.15, 0.2) is 24.8 Å². The Bertz CT molecular complexity index is 1070. The summed E-state index contributed by atoms with van der Waals surface area (Å²) < 4.78 is 11.6. The summed E-state index contributed by atoms with van der Waals surface area (Å²) in [5.74, 6) is 1.01. The minimum Gasteiger partial charge on any atom is -0.485 e. The van der Waals surface area contributed by atoms with Gasteiger partial charge in [-0.1, -0.05) is 84.9 Å². The Balaban J connectivity index is 1.50. The largest absolute Gasteiger partial charge is 0.485 e. The molecule has 4 heteroatoms. The van der Waals surface area contributed by atoms with E-state index in [0.717, 1.165) is 10.8 Å². The zero-order valence-corrected chi connectivity index (χ0v) is 16.3. The van der Waals surface area contributed by atoms with E-state index in [-0.39, 0.29) is 24.8 Å². The fraction of sp³-hybridized carbons (Fsp3) is 0.0769. The lowest BCUT2D eigenvalue weighted by molar-refractivity contribution is 0.0915. The lowest BCUT2D eigenvalue weighted by atomic mass is 10.1. The van der Waals surface area contributed by atoms with Crippen LogP contribution in [0.5, 0.6) is 11.5 Å². The van der Waals surface area contributed by atoms with Crippen molar-refractivity contribution < 1.29 is 19.1 Å². The number of hydrogen-bond acceptors (Lipinski definition) is 4. The van der Waals surface area contributed by atoms with Crippen molar-refractivity contribution in [1.29, 1.82) is 0 Å². The van der Waals surface area contributed by atoms with Crippen molar-refractivity contribution in [3.8, 4) is 11.5 Å². The van der Waals surface area contributed by atoms with Crippen LogP contribution >= 0.6 is 0 Å². The van der Waals surface area contributed by atoms with Gasteiger partial charge in [0.1, 0.15) is 11.5 Å². The maximum absolute atomic E-state index is 12.3. The van der Waals surface area contributed by atoms with Crippen LogP contribution in [0, 0.1) is 0 Å². The Labute approximate surface area is 174 Å². The minimum absolute atomic E-state index is 0.0549. The van der Waals surface area contributed by atoms with Crippen LogP contribution in [0.4, 0.5) is 0 Å². The van der Waals surface area contributed by atoms with Gasteiger partial charge in [0.05, 0.1) is 0 Å². The van der Waals surface area contributed by atoms with E-state index in [4.69, 9.17) is 9.47 Å². The molecule has 0 amide bonds. The van der Waals surface area contributed by atoms with E-state index < -0.39 is 0 Å². The Kier molecular flexibility index (Phi) is 5.85. The zero-order chi connectivity index (χ0) is 20.8. The van der Waals surface area contributed by atoms with Gasteiger partial charge in [-0.25, -0.2) is 0 Å². The third-order valence-electron chi connectivity index (χ3n) is 4.75. The van der Waals surface area contributed by atoms with Gasteiger partial charge in [-0.2, -0.15) is 0 Å². The molecule has 0 aliphatic carbocycles. The number of rotatable bonds is 8. The number of fused-ring (bicyclic) bond motifs is 1. The molecule has 30 heavy (non-hydrogen) atoms. The molecule has 4 aromatic rings. The van der Waals surface area contributed by atoms with Crippen LogP contribution in [0.25, 0.3) is 10.8 Å². The van der Waals surface area contributed by atoms with Crippen molar-refractivity contribution in [2.24, 2.45) is 0 Å². The number of ether oxygens (including phenoxy) is 2. The second-order valence-corrected chi connectivity index (χ2v) is 6.76. The summed E-state index contributed by atoms with van der Waals surface area (Å²) in [6.07, 6.45) is 0. The van der Waals surface area contributed by atoms with E-state index in [9.17, 15) is 9.59 Å². The van der Waals surface area contributed by atoms with Crippen LogP contribution in [0.3, 0.4) is 0 Å². The first-order valence-corrected chi connectivity index (χ1v) is 9.66. The smallest absolute Gasteiger partial charge is 0.200 e. The molecular weight excluding hydrogens is 376 g/mol. The molecule has 0 radical (unpaired) electrons. The van der Waals surface area contributed by atoms with Gasteiger partial charge >= 0.3 is 0 Å². The molecular formula is C26H20O4. The highest BCUT2D eigenvalue weighted by atomic mass is 16.5. The molecule has 4 nitrogen and oxygen atoms in total. The summed E-state index contributed by atoms with van der Waals surface area (Å²) in [5.41, 5.74) is 1.22. The Hall–Kier alpha value is -3.92. The van der Waals surface area contributed by atoms with E-state index in [1.165, 1.54) is 0 Å². The quantitative estimate of drug-likeness (QED) is 0.376. The minimum atomic E-state index is -0.0894. The molecule has 0 aliphatic rings. The van der Waals surface area contributed by atoms with E-state index in [1.807, 2.05) is 72.8 Å². The van der Waals surface area contributed by atoms with Crippen molar-refractivity contribution in [3.05, 3.63) is 108 Å². The Morgan fingerprint density at radius 2 is 0.900 bits per heavy atom. The third-order valence-corrected chi connectivity index (χ3v) is 4.75. The molecule has 0 saturated heterocycles. The summed E-state index contributed by atoms with van der Waals surface area (Å²) in [4.78, 5) is 24.7. The normalized spacial score (nSPS) is 10.5. The third kappa shape index (κ3) is 4.39. The predicted molar refractivity (Wildman–Crippen MR) is 116 cm³/mol. The standard InChI is InChI=1S/C26H20O4/c27-23(19-9-3-1-4-10-19)17-29-25-15-7-14-22-21(25)13-8-16-26(22)30-18-24(28)20-11-5-2-6-12-20/h1-16H,17-18H2. The molecule has 0 spiro atoms. The summed E-state index contributed by atoms with van der Waals surface area (Å²) in [7, 11) is 0. The van der Waals surface area contributed by atoms with Crippen LogP contribution in [0.1, 0.15) is 20.7 Å². The molecule has 0 heterocycles. The molecule has 0 fully saturated rings. The number of benzene rings is 4. The first-order valence-electron chi connectivity index (χ1n) is 9.66. The summed E-state index contributed by atoms with van der Waals surface area (Å²) in [6.45, 7) is -0.110. The molecule has 0 bridgehead atoms. The highest BCUT2D eigenvalue weighted by Gasteiger charge is 2.12. The molecule has 4 rings (SSSR count). The van der Waals surface area contributed by atoms with Crippen LogP contribution in [0.15, 0.2) is 97.1 Å². The van der Waals surface area contributed by atoms with E-state index >= 15 is 0 Å². The lowest BCUT2D eigenvalue weighted by Gasteiger charge is -2.12. The highest BCUT2D eigenvalue weighted by molar-refractivity contribution is 5.99. The zero-order valence-electron chi connectivity index (χ0n) is 16.3. The molecule has 0 saturated carbocycles. The molecule has 148 valence electrons. The van der Waals surface area contributed by atoms with Gasteiger partial charge in [-0.05, 0) is 12.1 Å². The molecule has 0 atom stereocenters. The van der Waals surface area contributed by atoms with Crippen LogP contribution in [-0.4, -0.2) is 24.8 Å². The summed E-state index contributed by atoms with van der Waals surface area (Å²) >= 11 is 0. The fourth-order valence-electron chi connectivity index (χ4n) is 3.21. The number of hydrogen-bond donors (Lipinski definition) is 0. The van der Waals surface area contributed by atoms with Gasteiger partial charge in [-0.15, -0.1) is 0 Å². The lowest BCUT2D eigenvalue weighted by Crippen LogP contribution is -2.12. The van der Waals surface area contributed by atoms with Crippen LogP contribution < -0.4 is 9.47 Å². The maximum atomic E-state index is 12.3. The van der Waals surface area contributed by atoms with E-state index in [1.54, 1.807) is 24.3 Å². The van der Waals surface area contributed by atoms with Gasteiger partial charge < -0.3 is 9.47 Å². The highest BCUT2D eigenvalue weighted by Crippen LogP contribution is 2.32. The monoisotopic (exact) mass is 396 g/mol. The maximum Gasteiger partial charge on any atom is 0.200 e. The summed E-state index contributed by atoms with van der Waals surface area (Å²) in [6, 6.07) is 29.2. The molecule has 0 aliphatic heterocycles. The Morgan fingerprint density at radius 1 is 0.500 bits per heavy atom. The number of Topliss-reactive ketones (excluding diaryl/α,β-unsaturated/α-hetero) is 2. The topological polar surface area (TPSA) is 52.6 Å². The van der Waals surface area contributed by atoms with Gasteiger partial charge in [0.25, 0.3) is 0 Å². The van der Waals surface area contributed by atoms with Gasteiger partial charge in [-0.3, -0.25) is 9.59 Å². The number of carbonyl (C=O) groups is 2. The fourth-order valence-corrected chi connectivity index (χ4v) is 3.21. The van der Waals surface area contributed by atoms with Gasteiger partial charge in [0.2, 0.25) is 0 Å². The Morgan fingerprint density at radius 3 is 1.30 bits per heavy atom. The average molecular weight is 396 g/mol. The van der Waals surface area contributed by atoms with E-state index in [0.29, 0.717) is 22.6 Å². The SMILES string of the molecule is O=C(COc1cccc2c(OCC(=O)c3ccccc3)cccc12)c1ccccc1. The first kappa shape index (κ1) is 19.4. The van der Waals surface area contributed by atoms with Crippen LogP contribution in [-0.2, 0) is 0 Å². The van der Waals surface area contributed by atoms with Gasteiger partial charge in [0, 0.05) is 21.9 Å². The average Bonchev–Trinajstić information content (AvgIpc) is 2.82. The number of ketones is 2. The molecule has 0 aromatic heterocycles. The first-order chi connectivity index (χ1) is 14.7. The molecule has 0 unspecified atom stereocenters. The van der Waals surface area contributed by atoms with Crippen molar-refractivity contribution in [2.45, 2.75) is 0 Å². The second-order valence-electron chi connectivity index (χ2n) is 6.76. The van der Waals surface area contributed by atoms with E-state index in [2.05, 4.69) is 0 Å². The molecule has 0 N–H and O–H groups in total. The van der Waals surface area contributed by atoms with Crippen molar-refractivity contribution in [2.75, 3.05) is 13.2 Å². The van der Waals surface area contributed by atoms with Crippen molar-refractivity contribution in [3.63, 3.8) is 0 Å². The van der Waals surface area contributed by atoms with Crippen LogP contribution in [0.2, 0.25) is 0 Å².